The second kappa shape index (κ2) is 5.71. The molecule has 2 unspecified atom stereocenters. The first-order valence-electron chi connectivity index (χ1n) is 7.03. The number of carbonyl (C=O) groups excluding carboxylic acids is 1. The van der Waals surface area contributed by atoms with Crippen molar-refractivity contribution in [2.75, 3.05) is 5.32 Å². The van der Waals surface area contributed by atoms with E-state index in [9.17, 15) is 14.0 Å². The Morgan fingerprint density at radius 2 is 2.22 bits per heavy atom. The Morgan fingerprint density at radius 1 is 1.43 bits per heavy atom. The van der Waals surface area contributed by atoms with Crippen molar-refractivity contribution in [3.05, 3.63) is 47.5 Å². The molecule has 0 spiro atoms. The molecule has 7 nitrogen and oxygen atoms in total. The maximum Gasteiger partial charge on any atom is 0.404 e. The first-order valence-corrected chi connectivity index (χ1v) is 7.03. The van der Waals surface area contributed by atoms with Crippen LogP contribution in [-0.4, -0.2) is 32.9 Å². The molecular formula is C15H15FN4O3. The van der Waals surface area contributed by atoms with Crippen LogP contribution in [0.1, 0.15) is 28.3 Å². The molecule has 3 rings (SSSR count). The van der Waals surface area contributed by atoms with Crippen LogP contribution in [0.4, 0.5) is 14.9 Å². The van der Waals surface area contributed by atoms with Crippen molar-refractivity contribution in [2.45, 2.75) is 18.4 Å². The maximum absolute atomic E-state index is 13.9. The number of amides is 2. The molecule has 0 saturated heterocycles. The van der Waals surface area contributed by atoms with Gasteiger partial charge in [0.25, 0.3) is 5.91 Å². The molecule has 1 heterocycles. The molecule has 8 heteroatoms. The molecule has 3 N–H and O–H groups in total. The van der Waals surface area contributed by atoms with Gasteiger partial charge < -0.3 is 15.7 Å². The topological polar surface area (TPSA) is 96.2 Å². The van der Waals surface area contributed by atoms with Crippen molar-refractivity contribution >= 4 is 17.7 Å². The fourth-order valence-electron chi connectivity index (χ4n) is 2.52. The Hall–Kier alpha value is -2.90. The highest BCUT2D eigenvalue weighted by molar-refractivity contribution is 6.04. The number of benzene rings is 1. The van der Waals surface area contributed by atoms with Gasteiger partial charge in [0.2, 0.25) is 0 Å². The lowest BCUT2D eigenvalue weighted by Crippen LogP contribution is -2.24. The summed E-state index contributed by atoms with van der Waals surface area (Å²) < 4.78 is 15.5. The zero-order valence-corrected chi connectivity index (χ0v) is 12.3. The van der Waals surface area contributed by atoms with E-state index in [2.05, 4.69) is 15.7 Å². The minimum Gasteiger partial charge on any atom is -0.465 e. The van der Waals surface area contributed by atoms with Gasteiger partial charge in [-0.05, 0) is 30.2 Å². The van der Waals surface area contributed by atoms with E-state index in [0.717, 1.165) is 0 Å². The summed E-state index contributed by atoms with van der Waals surface area (Å²) in [6.45, 7) is 0. The number of aryl methyl sites for hydroxylation is 1. The number of nitrogens with zero attached hydrogens (tertiary/aromatic N) is 2. The molecule has 1 aromatic carbocycles. The Labute approximate surface area is 131 Å². The fourth-order valence-corrected chi connectivity index (χ4v) is 2.52. The smallest absolute Gasteiger partial charge is 0.404 e. The number of anilines is 1. The molecule has 1 fully saturated rings. The van der Waals surface area contributed by atoms with E-state index in [1.165, 1.54) is 24.4 Å². The lowest BCUT2D eigenvalue weighted by Gasteiger charge is -2.07. The minimum absolute atomic E-state index is 0.239. The van der Waals surface area contributed by atoms with Gasteiger partial charge in [0.15, 0.2) is 0 Å². The van der Waals surface area contributed by atoms with Crippen LogP contribution in [0.15, 0.2) is 30.6 Å². The zero-order chi connectivity index (χ0) is 16.6. The average molecular weight is 318 g/mol. The third-order valence-electron chi connectivity index (χ3n) is 3.72. The van der Waals surface area contributed by atoms with E-state index in [-0.39, 0.29) is 17.9 Å². The van der Waals surface area contributed by atoms with Crippen molar-refractivity contribution in [3.63, 3.8) is 0 Å². The number of halogens is 1. The lowest BCUT2D eigenvalue weighted by molar-refractivity contribution is 0.102. The Balaban J connectivity index is 1.75. The quantitative estimate of drug-likeness (QED) is 0.802. The summed E-state index contributed by atoms with van der Waals surface area (Å²) in [5, 5.41) is 17.6. The van der Waals surface area contributed by atoms with Crippen LogP contribution < -0.4 is 10.6 Å². The molecule has 1 aliphatic rings. The first-order chi connectivity index (χ1) is 10.9. The van der Waals surface area contributed by atoms with Gasteiger partial charge in [0.1, 0.15) is 5.82 Å². The zero-order valence-electron chi connectivity index (χ0n) is 12.3. The normalized spacial score (nSPS) is 19.2. The second-order valence-corrected chi connectivity index (χ2v) is 5.49. The van der Waals surface area contributed by atoms with Gasteiger partial charge in [0, 0.05) is 30.8 Å². The molecule has 1 aliphatic carbocycles. The van der Waals surface area contributed by atoms with E-state index in [1.54, 1.807) is 17.9 Å². The van der Waals surface area contributed by atoms with Gasteiger partial charge in [-0.2, -0.15) is 5.10 Å². The molecule has 1 aromatic heterocycles. The summed E-state index contributed by atoms with van der Waals surface area (Å²) in [7, 11) is 1.73. The number of hydrogen-bond donors (Lipinski definition) is 3. The molecule has 0 bridgehead atoms. The van der Waals surface area contributed by atoms with Gasteiger partial charge in [0.05, 0.1) is 11.9 Å². The van der Waals surface area contributed by atoms with Gasteiger partial charge >= 0.3 is 6.09 Å². The maximum atomic E-state index is 13.9. The predicted octanol–water partition coefficient (Wildman–Crippen LogP) is 1.93. The van der Waals surface area contributed by atoms with E-state index in [1.807, 2.05) is 0 Å². The molecule has 120 valence electrons. The monoisotopic (exact) mass is 318 g/mol. The highest BCUT2D eigenvalue weighted by atomic mass is 19.1. The summed E-state index contributed by atoms with van der Waals surface area (Å²) in [6, 6.07) is 3.78. The van der Waals surface area contributed by atoms with Crippen LogP contribution >= 0.6 is 0 Å². The van der Waals surface area contributed by atoms with Crippen LogP contribution in [0.2, 0.25) is 0 Å². The van der Waals surface area contributed by atoms with Gasteiger partial charge in [-0.3, -0.25) is 9.48 Å². The van der Waals surface area contributed by atoms with E-state index < -0.39 is 11.9 Å². The average Bonchev–Trinajstić information content (AvgIpc) is 3.10. The summed E-state index contributed by atoms with van der Waals surface area (Å²) in [5.41, 5.74) is 1.20. The Kier molecular flexibility index (Phi) is 3.73. The molecular weight excluding hydrogens is 303 g/mol. The fraction of sp³-hybridized carbons (Fsp3) is 0.267. The third kappa shape index (κ3) is 3.31. The standard InChI is InChI=1S/C15H15FN4O3/c1-20-7-9(6-17-20)18-14(21)8-2-3-12(16)10(4-8)11-5-13(11)19-15(22)23/h2-4,6-7,11,13,19H,5H2,1H3,(H,18,21)(H,22,23). The van der Waals surface area contributed by atoms with Gasteiger partial charge in [-0.25, -0.2) is 9.18 Å². The van der Waals surface area contributed by atoms with Gasteiger partial charge in [-0.15, -0.1) is 0 Å². The Bertz CT molecular complexity index is 774. The van der Waals surface area contributed by atoms with Crippen molar-refractivity contribution in [2.24, 2.45) is 7.05 Å². The summed E-state index contributed by atoms with van der Waals surface area (Å²) >= 11 is 0. The third-order valence-corrected chi connectivity index (χ3v) is 3.72. The summed E-state index contributed by atoms with van der Waals surface area (Å²) in [4.78, 5) is 22.8. The van der Waals surface area contributed by atoms with E-state index in [4.69, 9.17) is 5.11 Å². The molecule has 0 aliphatic heterocycles. The Morgan fingerprint density at radius 3 is 2.87 bits per heavy atom. The minimum atomic E-state index is -1.14. The largest absolute Gasteiger partial charge is 0.465 e. The summed E-state index contributed by atoms with van der Waals surface area (Å²) in [5.74, 6) is -1.05. The van der Waals surface area contributed by atoms with Gasteiger partial charge in [-0.1, -0.05) is 0 Å². The molecule has 2 aromatic rings. The second-order valence-electron chi connectivity index (χ2n) is 5.49. The number of nitrogens with one attached hydrogen (secondary N) is 2. The van der Waals surface area contributed by atoms with Crippen LogP contribution in [0, 0.1) is 5.82 Å². The predicted molar refractivity (Wildman–Crippen MR) is 79.9 cm³/mol. The number of carboxylic acid groups (broad SMARTS) is 1. The van der Waals surface area contributed by atoms with Crippen LogP contribution in [-0.2, 0) is 7.05 Å². The molecule has 0 radical (unpaired) electrons. The molecule has 2 atom stereocenters. The summed E-state index contributed by atoms with van der Waals surface area (Å²) in [6.07, 6.45) is 2.55. The number of carbonyl (C=O) groups is 2. The van der Waals surface area contributed by atoms with Crippen molar-refractivity contribution < 1.29 is 19.1 Å². The SMILES string of the molecule is Cn1cc(NC(=O)c2ccc(F)c(C3CC3NC(=O)O)c2)cn1. The van der Waals surface area contributed by atoms with Crippen LogP contribution in [0.25, 0.3) is 0 Å². The van der Waals surface area contributed by atoms with Crippen LogP contribution in [0.5, 0.6) is 0 Å². The highest BCUT2D eigenvalue weighted by Crippen LogP contribution is 2.42. The number of rotatable bonds is 4. The van der Waals surface area contributed by atoms with Crippen LogP contribution in [0.3, 0.4) is 0 Å². The number of aromatic nitrogens is 2. The molecule has 2 amide bonds. The van der Waals surface area contributed by atoms with Crippen molar-refractivity contribution in [1.82, 2.24) is 15.1 Å². The van der Waals surface area contributed by atoms with E-state index >= 15 is 0 Å². The van der Waals surface area contributed by atoms with Crippen molar-refractivity contribution in [1.29, 1.82) is 0 Å². The molecule has 23 heavy (non-hydrogen) atoms. The highest BCUT2D eigenvalue weighted by Gasteiger charge is 2.41. The number of hydrogen-bond acceptors (Lipinski definition) is 3. The van der Waals surface area contributed by atoms with Crippen molar-refractivity contribution in [3.8, 4) is 0 Å². The lowest BCUT2D eigenvalue weighted by atomic mass is 10.1. The van der Waals surface area contributed by atoms with E-state index in [0.29, 0.717) is 23.2 Å². The molecule has 1 saturated carbocycles. The first kappa shape index (κ1) is 15.0.